The topological polar surface area (TPSA) is 73.6 Å². The van der Waals surface area contributed by atoms with Crippen molar-refractivity contribution in [2.24, 2.45) is 5.84 Å². The molecule has 1 aromatic rings. The van der Waals surface area contributed by atoms with Gasteiger partial charge in [0.25, 0.3) is 5.91 Å². The molecular weight excluding hydrogens is 277 g/mol. The van der Waals surface area contributed by atoms with Crippen LogP contribution in [0.2, 0.25) is 0 Å². The van der Waals surface area contributed by atoms with Gasteiger partial charge in [0.05, 0.1) is 6.61 Å². The Hall–Kier alpha value is -1.80. The molecule has 0 aliphatic rings. The van der Waals surface area contributed by atoms with Gasteiger partial charge in [-0.15, -0.1) is 0 Å². The van der Waals surface area contributed by atoms with Crippen molar-refractivity contribution in [2.75, 3.05) is 13.2 Å². The van der Waals surface area contributed by atoms with E-state index in [9.17, 15) is 18.0 Å². The fourth-order valence-electron chi connectivity index (χ4n) is 1.29. The molecule has 0 radical (unpaired) electrons. The summed E-state index contributed by atoms with van der Waals surface area (Å²) in [5.74, 6) is 4.84. The zero-order valence-electron chi connectivity index (χ0n) is 10.7. The van der Waals surface area contributed by atoms with Gasteiger partial charge in [-0.1, -0.05) is 6.07 Å². The van der Waals surface area contributed by atoms with Crippen molar-refractivity contribution in [3.05, 3.63) is 29.8 Å². The average molecular weight is 292 g/mol. The standard InChI is InChI=1S/C12H15F3N2O3/c1-8(12(13,14)15)19-5-6-20-10-4-2-3-9(7-10)11(18)17-16/h2-4,7-8H,5-6,16H2,1H3,(H,17,18). The number of ether oxygens (including phenoxy) is 2. The van der Waals surface area contributed by atoms with E-state index >= 15 is 0 Å². The summed E-state index contributed by atoms with van der Waals surface area (Å²) in [5, 5.41) is 0. The van der Waals surface area contributed by atoms with Crippen LogP contribution < -0.4 is 16.0 Å². The molecular formula is C12H15F3N2O3. The molecule has 0 bridgehead atoms. The average Bonchev–Trinajstić information content (AvgIpc) is 2.41. The normalized spacial score (nSPS) is 12.8. The van der Waals surface area contributed by atoms with Crippen LogP contribution in [0.15, 0.2) is 24.3 Å². The molecule has 0 heterocycles. The Labute approximate surface area is 113 Å². The van der Waals surface area contributed by atoms with Gasteiger partial charge < -0.3 is 9.47 Å². The minimum absolute atomic E-state index is 0.0614. The summed E-state index contributed by atoms with van der Waals surface area (Å²) in [6.07, 6.45) is -6.24. The Morgan fingerprint density at radius 1 is 1.40 bits per heavy atom. The van der Waals surface area contributed by atoms with Gasteiger partial charge >= 0.3 is 6.18 Å². The summed E-state index contributed by atoms with van der Waals surface area (Å²) in [4.78, 5) is 11.3. The highest BCUT2D eigenvalue weighted by Gasteiger charge is 2.36. The fraction of sp³-hybridized carbons (Fsp3) is 0.417. The van der Waals surface area contributed by atoms with Crippen LogP contribution in [-0.4, -0.2) is 31.4 Å². The molecule has 1 aromatic carbocycles. The van der Waals surface area contributed by atoms with Crippen LogP contribution in [0.3, 0.4) is 0 Å². The van der Waals surface area contributed by atoms with Gasteiger partial charge in [0.15, 0.2) is 6.10 Å². The second-order valence-corrected chi connectivity index (χ2v) is 3.90. The third-order valence-corrected chi connectivity index (χ3v) is 2.41. The first-order valence-electron chi connectivity index (χ1n) is 5.76. The van der Waals surface area contributed by atoms with Gasteiger partial charge in [0, 0.05) is 5.56 Å². The van der Waals surface area contributed by atoms with E-state index in [0.717, 1.165) is 6.92 Å². The summed E-state index contributed by atoms with van der Waals surface area (Å²) >= 11 is 0. The van der Waals surface area contributed by atoms with E-state index in [0.29, 0.717) is 5.75 Å². The molecule has 0 aromatic heterocycles. The van der Waals surface area contributed by atoms with Gasteiger partial charge in [0.1, 0.15) is 12.4 Å². The second kappa shape index (κ2) is 7.11. The van der Waals surface area contributed by atoms with E-state index in [-0.39, 0.29) is 18.8 Å². The second-order valence-electron chi connectivity index (χ2n) is 3.90. The van der Waals surface area contributed by atoms with Crippen molar-refractivity contribution in [3.8, 4) is 5.75 Å². The van der Waals surface area contributed by atoms with Crippen molar-refractivity contribution in [3.63, 3.8) is 0 Å². The highest BCUT2D eigenvalue weighted by atomic mass is 19.4. The molecule has 0 saturated heterocycles. The SMILES string of the molecule is CC(OCCOc1cccc(C(=O)NN)c1)C(F)(F)F. The number of carbonyl (C=O) groups excluding carboxylic acids is 1. The largest absolute Gasteiger partial charge is 0.491 e. The van der Waals surface area contributed by atoms with Crippen LogP contribution in [-0.2, 0) is 4.74 Å². The number of hydrogen-bond donors (Lipinski definition) is 2. The molecule has 0 saturated carbocycles. The molecule has 20 heavy (non-hydrogen) atoms. The summed E-state index contributed by atoms with van der Waals surface area (Å²) in [5.41, 5.74) is 2.25. The highest BCUT2D eigenvalue weighted by molar-refractivity contribution is 5.94. The van der Waals surface area contributed by atoms with E-state index in [1.165, 1.54) is 12.1 Å². The molecule has 8 heteroatoms. The molecule has 1 rings (SSSR count). The first-order valence-corrected chi connectivity index (χ1v) is 5.76. The minimum atomic E-state index is -4.39. The van der Waals surface area contributed by atoms with Crippen LogP contribution in [0.1, 0.15) is 17.3 Å². The Morgan fingerprint density at radius 2 is 2.10 bits per heavy atom. The van der Waals surface area contributed by atoms with Crippen molar-refractivity contribution in [1.82, 2.24) is 5.43 Å². The summed E-state index contributed by atoms with van der Waals surface area (Å²) < 4.78 is 46.2. The maximum Gasteiger partial charge on any atom is 0.414 e. The monoisotopic (exact) mass is 292 g/mol. The Balaban J connectivity index is 2.41. The number of rotatable bonds is 6. The van der Waals surface area contributed by atoms with Crippen molar-refractivity contribution in [1.29, 1.82) is 0 Å². The lowest BCUT2D eigenvalue weighted by atomic mass is 10.2. The van der Waals surface area contributed by atoms with Crippen LogP contribution in [0.5, 0.6) is 5.75 Å². The number of halogens is 3. The molecule has 1 atom stereocenters. The summed E-state index contributed by atoms with van der Waals surface area (Å²) in [6.45, 7) is 0.647. The molecule has 0 spiro atoms. The number of nitrogens with two attached hydrogens (primary N) is 1. The zero-order valence-corrected chi connectivity index (χ0v) is 10.7. The van der Waals surface area contributed by atoms with Crippen LogP contribution in [0.4, 0.5) is 13.2 Å². The molecule has 0 aliphatic heterocycles. The Morgan fingerprint density at radius 3 is 2.70 bits per heavy atom. The lowest BCUT2D eigenvalue weighted by Crippen LogP contribution is -2.30. The Kier molecular flexibility index (Phi) is 5.78. The number of nitrogens with one attached hydrogen (secondary N) is 1. The number of alkyl halides is 3. The first-order chi connectivity index (χ1) is 9.34. The molecule has 112 valence electrons. The van der Waals surface area contributed by atoms with E-state index in [2.05, 4.69) is 4.74 Å². The first kappa shape index (κ1) is 16.3. The van der Waals surface area contributed by atoms with E-state index < -0.39 is 18.2 Å². The van der Waals surface area contributed by atoms with Gasteiger partial charge in [-0.3, -0.25) is 10.2 Å². The van der Waals surface area contributed by atoms with E-state index in [4.69, 9.17) is 10.6 Å². The minimum Gasteiger partial charge on any atom is -0.491 e. The van der Waals surface area contributed by atoms with Crippen molar-refractivity contribution < 1.29 is 27.4 Å². The van der Waals surface area contributed by atoms with E-state index in [1.54, 1.807) is 12.1 Å². The van der Waals surface area contributed by atoms with Crippen LogP contribution in [0.25, 0.3) is 0 Å². The number of nitrogen functional groups attached to an aromatic ring is 1. The third kappa shape index (κ3) is 5.06. The lowest BCUT2D eigenvalue weighted by molar-refractivity contribution is -0.215. The van der Waals surface area contributed by atoms with Gasteiger partial charge in [-0.25, -0.2) is 5.84 Å². The van der Waals surface area contributed by atoms with Gasteiger partial charge in [-0.05, 0) is 25.1 Å². The number of carbonyl (C=O) groups is 1. The molecule has 0 aliphatic carbocycles. The van der Waals surface area contributed by atoms with Gasteiger partial charge in [0.2, 0.25) is 0 Å². The zero-order chi connectivity index (χ0) is 15.2. The van der Waals surface area contributed by atoms with Crippen molar-refractivity contribution in [2.45, 2.75) is 19.2 Å². The van der Waals surface area contributed by atoms with Gasteiger partial charge in [-0.2, -0.15) is 13.2 Å². The van der Waals surface area contributed by atoms with Crippen LogP contribution in [0, 0.1) is 0 Å². The Bertz CT molecular complexity index is 452. The quantitative estimate of drug-likeness (QED) is 0.362. The molecule has 1 amide bonds. The predicted octanol–water partition coefficient (Wildman–Crippen LogP) is 1.64. The predicted molar refractivity (Wildman–Crippen MR) is 65.1 cm³/mol. The summed E-state index contributed by atoms with van der Waals surface area (Å²) in [6, 6.07) is 6.09. The number of amides is 1. The smallest absolute Gasteiger partial charge is 0.414 e. The lowest BCUT2D eigenvalue weighted by Gasteiger charge is -2.16. The maximum atomic E-state index is 12.2. The highest BCUT2D eigenvalue weighted by Crippen LogP contribution is 2.22. The number of hydrazine groups is 1. The molecule has 3 N–H and O–H groups in total. The molecule has 5 nitrogen and oxygen atoms in total. The molecule has 1 unspecified atom stereocenters. The van der Waals surface area contributed by atoms with Crippen LogP contribution >= 0.6 is 0 Å². The van der Waals surface area contributed by atoms with Crippen molar-refractivity contribution >= 4 is 5.91 Å². The number of hydrogen-bond acceptors (Lipinski definition) is 4. The fourth-order valence-corrected chi connectivity index (χ4v) is 1.29. The number of benzene rings is 1. The maximum absolute atomic E-state index is 12.2. The summed E-state index contributed by atoms with van der Waals surface area (Å²) in [7, 11) is 0. The van der Waals surface area contributed by atoms with E-state index in [1.807, 2.05) is 5.43 Å². The third-order valence-electron chi connectivity index (χ3n) is 2.41. The molecule has 0 fully saturated rings.